The first-order valence-corrected chi connectivity index (χ1v) is 6.16. The van der Waals surface area contributed by atoms with E-state index in [-0.39, 0.29) is 12.3 Å². The van der Waals surface area contributed by atoms with Crippen LogP contribution in [0.4, 0.5) is 0 Å². The van der Waals surface area contributed by atoms with Gasteiger partial charge in [-0.3, -0.25) is 4.79 Å². The van der Waals surface area contributed by atoms with E-state index in [0.717, 1.165) is 5.56 Å². The maximum absolute atomic E-state index is 11.5. The highest BCUT2D eigenvalue weighted by atomic mass is 32.1. The molecule has 2 aromatic rings. The van der Waals surface area contributed by atoms with Gasteiger partial charge in [0.15, 0.2) is 0 Å². The van der Waals surface area contributed by atoms with Crippen LogP contribution in [0.3, 0.4) is 0 Å². The lowest BCUT2D eigenvalue weighted by atomic mass is 10.1. The Morgan fingerprint density at radius 1 is 1.47 bits per heavy atom. The zero-order chi connectivity index (χ0) is 12.3. The monoisotopic (exact) mass is 244 g/mol. The number of carbonyl (C=O) groups excluding carboxylic acids is 1. The number of amides is 1. The van der Waals surface area contributed by atoms with Crippen molar-refractivity contribution in [3.8, 4) is 6.07 Å². The van der Waals surface area contributed by atoms with Gasteiger partial charge in [-0.15, -0.1) is 11.3 Å². The molecule has 17 heavy (non-hydrogen) atoms. The number of hydrogen-bond acceptors (Lipinski definition) is 3. The maximum atomic E-state index is 11.5. The molecular formula is C13H12N2OS. The number of fused-ring (bicyclic) bond motifs is 1. The molecule has 1 aromatic carbocycles. The van der Waals surface area contributed by atoms with E-state index in [1.807, 2.05) is 18.2 Å². The third-order valence-electron chi connectivity index (χ3n) is 2.62. The average Bonchev–Trinajstić information content (AvgIpc) is 2.73. The fourth-order valence-corrected chi connectivity index (χ4v) is 2.66. The van der Waals surface area contributed by atoms with Gasteiger partial charge in [0, 0.05) is 18.3 Å². The highest BCUT2D eigenvalue weighted by Gasteiger charge is 2.11. The largest absolute Gasteiger partial charge is 0.340 e. The SMILES string of the molecule is CN(Cc1csc2ccccc12)C(=O)CC#N. The van der Waals surface area contributed by atoms with Crippen molar-refractivity contribution in [2.75, 3.05) is 7.05 Å². The molecule has 0 spiro atoms. The second-order valence-electron chi connectivity index (χ2n) is 3.84. The molecule has 3 nitrogen and oxygen atoms in total. The molecule has 0 N–H and O–H groups in total. The summed E-state index contributed by atoms with van der Waals surface area (Å²) >= 11 is 1.68. The van der Waals surface area contributed by atoms with E-state index in [2.05, 4.69) is 17.5 Å². The summed E-state index contributed by atoms with van der Waals surface area (Å²) in [5.41, 5.74) is 1.14. The fourth-order valence-electron chi connectivity index (χ4n) is 1.70. The minimum absolute atomic E-state index is 0.0570. The first-order chi connectivity index (χ1) is 8.22. The van der Waals surface area contributed by atoms with Gasteiger partial charge in [0.2, 0.25) is 5.91 Å². The predicted molar refractivity (Wildman–Crippen MR) is 68.5 cm³/mol. The maximum Gasteiger partial charge on any atom is 0.236 e. The summed E-state index contributed by atoms with van der Waals surface area (Å²) in [7, 11) is 1.73. The molecule has 0 atom stereocenters. The van der Waals surface area contributed by atoms with E-state index < -0.39 is 0 Å². The first-order valence-electron chi connectivity index (χ1n) is 5.28. The Morgan fingerprint density at radius 2 is 2.24 bits per heavy atom. The second-order valence-corrected chi connectivity index (χ2v) is 4.75. The van der Waals surface area contributed by atoms with Gasteiger partial charge < -0.3 is 4.90 Å². The Morgan fingerprint density at radius 3 is 3.00 bits per heavy atom. The van der Waals surface area contributed by atoms with E-state index in [1.165, 1.54) is 10.1 Å². The molecule has 1 heterocycles. The average molecular weight is 244 g/mol. The van der Waals surface area contributed by atoms with Gasteiger partial charge in [-0.05, 0) is 22.4 Å². The zero-order valence-corrected chi connectivity index (χ0v) is 10.3. The van der Waals surface area contributed by atoms with Gasteiger partial charge in [-0.25, -0.2) is 0 Å². The number of thiophene rings is 1. The van der Waals surface area contributed by atoms with E-state index in [0.29, 0.717) is 6.54 Å². The lowest BCUT2D eigenvalue weighted by molar-refractivity contribution is -0.129. The van der Waals surface area contributed by atoms with E-state index in [4.69, 9.17) is 5.26 Å². The molecule has 0 fully saturated rings. The molecule has 0 aliphatic carbocycles. The van der Waals surface area contributed by atoms with Gasteiger partial charge in [-0.1, -0.05) is 18.2 Å². The molecule has 0 saturated heterocycles. The summed E-state index contributed by atoms with van der Waals surface area (Å²) in [6, 6.07) is 10.0. The van der Waals surface area contributed by atoms with Crippen molar-refractivity contribution >= 4 is 27.3 Å². The number of carbonyl (C=O) groups is 1. The number of rotatable bonds is 3. The summed E-state index contributed by atoms with van der Waals surface area (Å²) in [5, 5.41) is 11.7. The smallest absolute Gasteiger partial charge is 0.236 e. The molecule has 0 radical (unpaired) electrons. The number of nitriles is 1. The van der Waals surface area contributed by atoms with Crippen LogP contribution in [-0.2, 0) is 11.3 Å². The van der Waals surface area contributed by atoms with Crippen LogP contribution in [0.25, 0.3) is 10.1 Å². The summed E-state index contributed by atoms with van der Waals surface area (Å²) in [6.45, 7) is 0.560. The van der Waals surface area contributed by atoms with Gasteiger partial charge >= 0.3 is 0 Å². The van der Waals surface area contributed by atoms with Gasteiger partial charge in [0.25, 0.3) is 0 Å². The van der Waals surface area contributed by atoms with Crippen LogP contribution in [0.2, 0.25) is 0 Å². The molecule has 0 bridgehead atoms. The summed E-state index contributed by atoms with van der Waals surface area (Å²) < 4.78 is 1.23. The zero-order valence-electron chi connectivity index (χ0n) is 9.51. The Kier molecular flexibility index (Phi) is 3.40. The number of benzene rings is 1. The van der Waals surface area contributed by atoms with Crippen molar-refractivity contribution in [1.29, 1.82) is 5.26 Å². The molecule has 0 unspecified atom stereocenters. The van der Waals surface area contributed by atoms with Crippen molar-refractivity contribution in [2.24, 2.45) is 0 Å². The highest BCUT2D eigenvalue weighted by Crippen LogP contribution is 2.26. The van der Waals surface area contributed by atoms with Crippen LogP contribution < -0.4 is 0 Å². The predicted octanol–water partition coefficient (Wildman–Crippen LogP) is 2.77. The van der Waals surface area contributed by atoms with E-state index in [9.17, 15) is 4.79 Å². The summed E-state index contributed by atoms with van der Waals surface area (Å²) in [6.07, 6.45) is -0.0570. The van der Waals surface area contributed by atoms with Gasteiger partial charge in [0.1, 0.15) is 6.42 Å². The molecule has 1 amide bonds. The third-order valence-corrected chi connectivity index (χ3v) is 3.64. The number of hydrogen-bond donors (Lipinski definition) is 0. The summed E-state index contributed by atoms with van der Waals surface area (Å²) in [5.74, 6) is -0.136. The summed E-state index contributed by atoms with van der Waals surface area (Å²) in [4.78, 5) is 13.1. The fraction of sp³-hybridized carbons (Fsp3) is 0.231. The Hall–Kier alpha value is -1.86. The first kappa shape index (κ1) is 11.6. The van der Waals surface area contributed by atoms with Crippen LogP contribution in [0.5, 0.6) is 0 Å². The van der Waals surface area contributed by atoms with Crippen molar-refractivity contribution in [3.05, 3.63) is 35.2 Å². The molecular weight excluding hydrogens is 232 g/mol. The van der Waals surface area contributed by atoms with Crippen LogP contribution in [-0.4, -0.2) is 17.9 Å². The van der Waals surface area contributed by atoms with E-state index >= 15 is 0 Å². The number of nitrogens with zero attached hydrogens (tertiary/aromatic N) is 2. The minimum Gasteiger partial charge on any atom is -0.340 e. The van der Waals surface area contributed by atoms with Crippen LogP contribution in [0.15, 0.2) is 29.6 Å². The molecule has 4 heteroatoms. The quantitative estimate of drug-likeness (QED) is 0.833. The topological polar surface area (TPSA) is 44.1 Å². The third kappa shape index (κ3) is 2.45. The lowest BCUT2D eigenvalue weighted by Crippen LogP contribution is -2.25. The Labute approximate surface area is 104 Å². The van der Waals surface area contributed by atoms with Crippen molar-refractivity contribution in [3.63, 3.8) is 0 Å². The Balaban J connectivity index is 2.19. The van der Waals surface area contributed by atoms with Crippen molar-refractivity contribution in [2.45, 2.75) is 13.0 Å². The second kappa shape index (κ2) is 4.98. The van der Waals surface area contributed by atoms with Gasteiger partial charge in [-0.2, -0.15) is 5.26 Å². The molecule has 0 aliphatic rings. The molecule has 86 valence electrons. The van der Waals surface area contributed by atoms with Gasteiger partial charge in [0.05, 0.1) is 6.07 Å². The Bertz CT molecular complexity index is 582. The molecule has 0 aliphatic heterocycles. The van der Waals surface area contributed by atoms with E-state index in [1.54, 1.807) is 23.3 Å². The standard InChI is InChI=1S/C13H12N2OS/c1-15(13(16)6-7-14)8-10-9-17-12-5-3-2-4-11(10)12/h2-5,9H,6,8H2,1H3. The van der Waals surface area contributed by atoms with Crippen molar-refractivity contribution in [1.82, 2.24) is 4.90 Å². The van der Waals surface area contributed by atoms with Crippen molar-refractivity contribution < 1.29 is 4.79 Å². The van der Waals surface area contributed by atoms with Crippen LogP contribution in [0, 0.1) is 11.3 Å². The molecule has 1 aromatic heterocycles. The highest BCUT2D eigenvalue weighted by molar-refractivity contribution is 7.17. The van der Waals surface area contributed by atoms with Crippen LogP contribution in [0.1, 0.15) is 12.0 Å². The minimum atomic E-state index is -0.136. The molecule has 2 rings (SSSR count). The normalized spacial score (nSPS) is 10.1. The van der Waals surface area contributed by atoms with Crippen LogP contribution >= 0.6 is 11.3 Å². The molecule has 0 saturated carbocycles. The lowest BCUT2D eigenvalue weighted by Gasteiger charge is -2.14.